The first-order valence-electron chi connectivity index (χ1n) is 5.03. The Labute approximate surface area is 107 Å². The molecular formula is C10H12IN5. The van der Waals surface area contributed by atoms with Gasteiger partial charge >= 0.3 is 0 Å². The van der Waals surface area contributed by atoms with Crippen LogP contribution in [-0.2, 0) is 6.42 Å². The van der Waals surface area contributed by atoms with Crippen molar-refractivity contribution in [2.24, 2.45) is 0 Å². The summed E-state index contributed by atoms with van der Waals surface area (Å²) in [7, 11) is 0. The third kappa shape index (κ3) is 2.49. The van der Waals surface area contributed by atoms with Gasteiger partial charge in [0.2, 0.25) is 0 Å². The van der Waals surface area contributed by atoms with Crippen molar-refractivity contribution >= 4 is 28.4 Å². The summed E-state index contributed by atoms with van der Waals surface area (Å²) < 4.78 is 2.77. The summed E-state index contributed by atoms with van der Waals surface area (Å²) in [4.78, 5) is 8.59. The van der Waals surface area contributed by atoms with Crippen molar-refractivity contribution in [3.05, 3.63) is 27.9 Å². The van der Waals surface area contributed by atoms with E-state index in [1.165, 1.54) is 0 Å². The van der Waals surface area contributed by atoms with Gasteiger partial charge in [0.05, 0.1) is 9.77 Å². The number of hydrogen-bond donors (Lipinski definition) is 1. The van der Waals surface area contributed by atoms with Gasteiger partial charge in [-0.3, -0.25) is 0 Å². The van der Waals surface area contributed by atoms with Crippen LogP contribution in [0.4, 0.5) is 5.82 Å². The number of halogens is 1. The SMILES string of the molecule is CCCc1nc(N)cc(-n2cc(I)cn2)n1. The molecule has 2 aromatic heterocycles. The minimum atomic E-state index is 0.485. The van der Waals surface area contributed by atoms with Crippen molar-refractivity contribution in [3.8, 4) is 5.82 Å². The number of nitrogens with zero attached hydrogens (tertiary/aromatic N) is 4. The predicted molar refractivity (Wildman–Crippen MR) is 70.3 cm³/mol. The molecule has 0 amide bonds. The van der Waals surface area contributed by atoms with Crippen LogP contribution in [0.5, 0.6) is 0 Å². The minimum Gasteiger partial charge on any atom is -0.384 e. The van der Waals surface area contributed by atoms with Gasteiger partial charge in [0, 0.05) is 18.7 Å². The lowest BCUT2D eigenvalue weighted by atomic mass is 10.3. The maximum atomic E-state index is 5.74. The Kier molecular flexibility index (Phi) is 3.37. The molecule has 2 N–H and O–H groups in total. The fraction of sp³-hybridized carbons (Fsp3) is 0.300. The van der Waals surface area contributed by atoms with E-state index < -0.39 is 0 Å². The van der Waals surface area contributed by atoms with E-state index in [4.69, 9.17) is 5.73 Å². The molecule has 0 aliphatic carbocycles. The molecule has 0 fully saturated rings. The van der Waals surface area contributed by atoms with Crippen LogP contribution in [0.15, 0.2) is 18.5 Å². The average molecular weight is 329 g/mol. The van der Waals surface area contributed by atoms with Crippen LogP contribution in [0.25, 0.3) is 5.82 Å². The Morgan fingerprint density at radius 3 is 2.88 bits per heavy atom. The summed E-state index contributed by atoms with van der Waals surface area (Å²) in [5.41, 5.74) is 5.74. The van der Waals surface area contributed by atoms with Crippen LogP contribution >= 0.6 is 22.6 Å². The molecule has 0 saturated carbocycles. The first kappa shape index (κ1) is 11.3. The zero-order valence-corrected chi connectivity index (χ0v) is 11.0. The normalized spacial score (nSPS) is 10.6. The van der Waals surface area contributed by atoms with E-state index in [2.05, 4.69) is 44.6 Å². The van der Waals surface area contributed by atoms with Gasteiger partial charge in [-0.1, -0.05) is 6.92 Å². The second-order valence-corrected chi connectivity index (χ2v) is 4.67. The molecule has 0 spiro atoms. The molecule has 0 bridgehead atoms. The topological polar surface area (TPSA) is 69.6 Å². The van der Waals surface area contributed by atoms with Crippen LogP contribution in [0.3, 0.4) is 0 Å². The van der Waals surface area contributed by atoms with Crippen LogP contribution in [0.1, 0.15) is 19.2 Å². The summed E-state index contributed by atoms with van der Waals surface area (Å²) in [6, 6.07) is 1.72. The van der Waals surface area contributed by atoms with E-state index in [0.29, 0.717) is 5.82 Å². The molecule has 0 radical (unpaired) electrons. The number of nitrogen functional groups attached to an aromatic ring is 1. The molecule has 0 unspecified atom stereocenters. The molecule has 2 aromatic rings. The van der Waals surface area contributed by atoms with Gasteiger partial charge in [-0.05, 0) is 29.0 Å². The molecule has 16 heavy (non-hydrogen) atoms. The van der Waals surface area contributed by atoms with Gasteiger partial charge in [-0.15, -0.1) is 0 Å². The lowest BCUT2D eigenvalue weighted by Gasteiger charge is -2.04. The monoisotopic (exact) mass is 329 g/mol. The number of hydrogen-bond acceptors (Lipinski definition) is 4. The van der Waals surface area contributed by atoms with Crippen molar-refractivity contribution < 1.29 is 0 Å². The molecule has 0 aliphatic rings. The lowest BCUT2D eigenvalue weighted by molar-refractivity contribution is 0.787. The highest BCUT2D eigenvalue weighted by atomic mass is 127. The van der Waals surface area contributed by atoms with Crippen molar-refractivity contribution in [2.45, 2.75) is 19.8 Å². The number of aromatic nitrogens is 4. The molecule has 0 saturated heterocycles. The van der Waals surface area contributed by atoms with E-state index in [1.54, 1.807) is 16.9 Å². The largest absolute Gasteiger partial charge is 0.384 e. The summed E-state index contributed by atoms with van der Waals surface area (Å²) in [5.74, 6) is 1.97. The highest BCUT2D eigenvalue weighted by Crippen LogP contribution is 2.11. The summed E-state index contributed by atoms with van der Waals surface area (Å²) in [6.45, 7) is 2.09. The van der Waals surface area contributed by atoms with E-state index in [1.807, 2.05) is 6.20 Å². The number of rotatable bonds is 3. The highest BCUT2D eigenvalue weighted by Gasteiger charge is 2.05. The van der Waals surface area contributed by atoms with Crippen LogP contribution in [0.2, 0.25) is 0 Å². The second-order valence-electron chi connectivity index (χ2n) is 3.42. The average Bonchev–Trinajstić information content (AvgIpc) is 2.64. The van der Waals surface area contributed by atoms with Crippen molar-refractivity contribution in [2.75, 3.05) is 5.73 Å². The van der Waals surface area contributed by atoms with E-state index in [0.717, 1.165) is 28.1 Å². The second kappa shape index (κ2) is 4.77. The third-order valence-electron chi connectivity index (χ3n) is 2.04. The molecule has 0 aromatic carbocycles. The highest BCUT2D eigenvalue weighted by molar-refractivity contribution is 14.1. The van der Waals surface area contributed by atoms with E-state index in [-0.39, 0.29) is 0 Å². The quantitative estimate of drug-likeness (QED) is 0.872. The predicted octanol–water partition coefficient (Wildman–Crippen LogP) is 1.80. The Hall–Kier alpha value is -1.18. The fourth-order valence-electron chi connectivity index (χ4n) is 1.38. The van der Waals surface area contributed by atoms with Crippen molar-refractivity contribution in [3.63, 3.8) is 0 Å². The molecular weight excluding hydrogens is 317 g/mol. The van der Waals surface area contributed by atoms with Gasteiger partial charge in [-0.2, -0.15) is 5.10 Å². The summed E-state index contributed by atoms with van der Waals surface area (Å²) in [6.07, 6.45) is 5.51. The fourth-order valence-corrected chi connectivity index (χ4v) is 1.77. The Morgan fingerprint density at radius 2 is 2.25 bits per heavy atom. The number of anilines is 1. The van der Waals surface area contributed by atoms with Gasteiger partial charge in [0.15, 0.2) is 5.82 Å². The molecule has 2 rings (SSSR count). The first-order chi connectivity index (χ1) is 7.69. The molecule has 5 nitrogen and oxygen atoms in total. The summed E-state index contributed by atoms with van der Waals surface area (Å²) >= 11 is 2.20. The van der Waals surface area contributed by atoms with E-state index in [9.17, 15) is 0 Å². The zero-order valence-electron chi connectivity index (χ0n) is 8.89. The molecule has 84 valence electrons. The number of aryl methyl sites for hydroxylation is 1. The minimum absolute atomic E-state index is 0.485. The van der Waals surface area contributed by atoms with E-state index >= 15 is 0 Å². The molecule has 0 atom stereocenters. The van der Waals surface area contributed by atoms with Gasteiger partial charge in [0.1, 0.15) is 11.6 Å². The van der Waals surface area contributed by atoms with Crippen molar-refractivity contribution in [1.82, 2.24) is 19.7 Å². The Morgan fingerprint density at radius 1 is 1.44 bits per heavy atom. The lowest BCUT2D eigenvalue weighted by Crippen LogP contribution is -2.06. The van der Waals surface area contributed by atoms with Crippen molar-refractivity contribution in [1.29, 1.82) is 0 Å². The third-order valence-corrected chi connectivity index (χ3v) is 2.60. The maximum absolute atomic E-state index is 5.74. The van der Waals surface area contributed by atoms with Crippen LogP contribution < -0.4 is 5.73 Å². The zero-order chi connectivity index (χ0) is 11.5. The summed E-state index contributed by atoms with van der Waals surface area (Å²) in [5, 5.41) is 4.19. The first-order valence-corrected chi connectivity index (χ1v) is 6.11. The Bertz CT molecular complexity index is 494. The van der Waals surface area contributed by atoms with Gasteiger partial charge < -0.3 is 5.73 Å². The number of nitrogens with two attached hydrogens (primary N) is 1. The van der Waals surface area contributed by atoms with Crippen LogP contribution in [0, 0.1) is 3.57 Å². The van der Waals surface area contributed by atoms with Crippen LogP contribution in [-0.4, -0.2) is 19.7 Å². The Balaban J connectivity index is 2.40. The molecule has 2 heterocycles. The maximum Gasteiger partial charge on any atom is 0.159 e. The molecule has 6 heteroatoms. The standard InChI is InChI=1S/C10H12IN5/c1-2-3-9-14-8(12)4-10(15-9)16-6-7(11)5-13-16/h4-6H,2-3H2,1H3,(H2,12,14,15). The molecule has 0 aliphatic heterocycles. The smallest absolute Gasteiger partial charge is 0.159 e. The van der Waals surface area contributed by atoms with Gasteiger partial charge in [0.25, 0.3) is 0 Å². The van der Waals surface area contributed by atoms with Gasteiger partial charge in [-0.25, -0.2) is 14.6 Å².